The number of carbonyl (C=O) groups excluding carboxylic acids is 1. The van der Waals surface area contributed by atoms with Gasteiger partial charge in [-0.2, -0.15) is 0 Å². The number of hydrogen-bond donors (Lipinski definition) is 0. The van der Waals surface area contributed by atoms with Crippen molar-refractivity contribution < 1.29 is 4.79 Å². The number of amides is 1. The van der Waals surface area contributed by atoms with Crippen LogP contribution in [0.25, 0.3) is 15.9 Å². The third-order valence-corrected chi connectivity index (χ3v) is 8.42. The largest absolute Gasteiger partial charge is 0.365 e. The Morgan fingerprint density at radius 3 is 2.79 bits per heavy atom. The summed E-state index contributed by atoms with van der Waals surface area (Å²) in [5.41, 5.74) is 4.53. The number of carbonyl (C=O) groups is 1. The SMILES string of the molecule is Cc1cccc(N2CCN(C(=O)c3cccn4c(=O)c5c6c(sc5nc34)CCCC6)C[C@@H]2C)c1. The van der Waals surface area contributed by atoms with Gasteiger partial charge in [0.15, 0.2) is 5.65 Å². The molecule has 1 saturated heterocycles. The third kappa shape index (κ3) is 3.41. The van der Waals surface area contributed by atoms with Crippen molar-refractivity contribution in [3.63, 3.8) is 0 Å². The summed E-state index contributed by atoms with van der Waals surface area (Å²) < 4.78 is 1.57. The first-order valence-corrected chi connectivity index (χ1v) is 12.9. The Morgan fingerprint density at radius 2 is 1.97 bits per heavy atom. The quantitative estimate of drug-likeness (QED) is 0.433. The number of aryl methyl sites for hydroxylation is 3. The van der Waals surface area contributed by atoms with Crippen molar-refractivity contribution in [2.75, 3.05) is 24.5 Å². The van der Waals surface area contributed by atoms with Gasteiger partial charge in [0, 0.05) is 42.4 Å². The van der Waals surface area contributed by atoms with E-state index in [1.54, 1.807) is 34.1 Å². The van der Waals surface area contributed by atoms with Gasteiger partial charge in [0.1, 0.15) is 4.83 Å². The molecule has 1 aromatic carbocycles. The number of nitrogens with zero attached hydrogens (tertiary/aromatic N) is 4. The highest BCUT2D eigenvalue weighted by Crippen LogP contribution is 2.34. The van der Waals surface area contributed by atoms with Gasteiger partial charge < -0.3 is 9.80 Å². The van der Waals surface area contributed by atoms with Gasteiger partial charge in [0.05, 0.1) is 10.9 Å². The van der Waals surface area contributed by atoms with Gasteiger partial charge in [-0.25, -0.2) is 4.98 Å². The smallest absolute Gasteiger partial charge is 0.266 e. The highest BCUT2D eigenvalue weighted by molar-refractivity contribution is 7.18. The van der Waals surface area contributed by atoms with E-state index in [0.717, 1.165) is 42.4 Å². The molecule has 34 heavy (non-hydrogen) atoms. The molecule has 174 valence electrons. The number of thiophene rings is 1. The normalized spacial score (nSPS) is 18.5. The number of benzene rings is 1. The van der Waals surface area contributed by atoms with Crippen LogP contribution in [0.5, 0.6) is 0 Å². The Balaban J connectivity index is 1.35. The molecule has 1 aliphatic carbocycles. The molecule has 1 amide bonds. The molecule has 0 saturated carbocycles. The zero-order valence-corrected chi connectivity index (χ0v) is 20.4. The average Bonchev–Trinajstić information content (AvgIpc) is 3.22. The van der Waals surface area contributed by atoms with Gasteiger partial charge in [0.2, 0.25) is 0 Å². The minimum Gasteiger partial charge on any atom is -0.365 e. The van der Waals surface area contributed by atoms with E-state index < -0.39 is 0 Å². The molecule has 6 rings (SSSR count). The van der Waals surface area contributed by atoms with Gasteiger partial charge in [0.25, 0.3) is 11.5 Å². The monoisotopic (exact) mass is 472 g/mol. The predicted octanol–water partition coefficient (Wildman–Crippen LogP) is 4.45. The number of pyridine rings is 1. The summed E-state index contributed by atoms with van der Waals surface area (Å²) in [7, 11) is 0. The summed E-state index contributed by atoms with van der Waals surface area (Å²) in [6.07, 6.45) is 5.99. The lowest BCUT2D eigenvalue weighted by molar-refractivity contribution is 0.0727. The van der Waals surface area contributed by atoms with Crippen LogP contribution in [0.1, 0.15) is 46.1 Å². The van der Waals surface area contributed by atoms with Crippen LogP contribution >= 0.6 is 11.3 Å². The van der Waals surface area contributed by atoms with Crippen molar-refractivity contribution in [2.45, 2.75) is 45.6 Å². The summed E-state index contributed by atoms with van der Waals surface area (Å²) in [4.78, 5) is 38.3. The molecule has 0 radical (unpaired) electrons. The highest BCUT2D eigenvalue weighted by Gasteiger charge is 2.29. The zero-order chi connectivity index (χ0) is 23.4. The van der Waals surface area contributed by atoms with Gasteiger partial charge in [-0.1, -0.05) is 12.1 Å². The molecule has 4 heterocycles. The van der Waals surface area contributed by atoms with Crippen molar-refractivity contribution in [1.29, 1.82) is 0 Å². The summed E-state index contributed by atoms with van der Waals surface area (Å²) in [5.74, 6) is -0.0542. The Bertz CT molecular complexity index is 1490. The summed E-state index contributed by atoms with van der Waals surface area (Å²) in [5, 5.41) is 0.752. The Morgan fingerprint density at radius 1 is 1.12 bits per heavy atom. The summed E-state index contributed by atoms with van der Waals surface area (Å²) in [6.45, 7) is 6.31. The second kappa shape index (κ2) is 8.24. The maximum atomic E-state index is 13.7. The van der Waals surface area contributed by atoms with Gasteiger partial charge in [-0.3, -0.25) is 14.0 Å². The molecule has 3 aromatic heterocycles. The topological polar surface area (TPSA) is 57.9 Å². The molecule has 7 heteroatoms. The molecule has 1 fully saturated rings. The maximum absolute atomic E-state index is 13.7. The molecule has 0 bridgehead atoms. The standard InChI is InChI=1S/C27H28N4O2S/c1-17-7-5-8-19(15-17)30-14-13-29(16-18(30)2)26(32)21-10-6-12-31-24(21)28-25-23(27(31)33)20-9-3-4-11-22(20)34-25/h5-8,10,12,15,18H,3-4,9,11,13-14,16H2,1-2H3/t18-/m0/s1. The van der Waals surface area contributed by atoms with Crippen LogP contribution in [-0.4, -0.2) is 45.9 Å². The lowest BCUT2D eigenvalue weighted by Crippen LogP contribution is -2.53. The number of fused-ring (bicyclic) bond motifs is 4. The fraction of sp³-hybridized carbons (Fsp3) is 0.370. The Kier molecular flexibility index (Phi) is 5.17. The van der Waals surface area contributed by atoms with Crippen molar-refractivity contribution in [1.82, 2.24) is 14.3 Å². The fourth-order valence-electron chi connectivity index (χ4n) is 5.52. The number of hydrogen-bond acceptors (Lipinski definition) is 5. The van der Waals surface area contributed by atoms with E-state index in [4.69, 9.17) is 4.98 Å². The molecule has 0 unspecified atom stereocenters. The van der Waals surface area contributed by atoms with Crippen molar-refractivity contribution in [3.8, 4) is 0 Å². The number of rotatable bonds is 2. The van der Waals surface area contributed by atoms with E-state index >= 15 is 0 Å². The van der Waals surface area contributed by atoms with E-state index in [2.05, 4.69) is 43.0 Å². The van der Waals surface area contributed by atoms with Gasteiger partial charge in [-0.15, -0.1) is 11.3 Å². The minimum absolute atomic E-state index is 0.0494. The van der Waals surface area contributed by atoms with Crippen LogP contribution in [0.15, 0.2) is 47.4 Å². The van der Waals surface area contributed by atoms with Crippen LogP contribution < -0.4 is 10.5 Å². The Hall–Kier alpha value is -3.19. The fourth-order valence-corrected chi connectivity index (χ4v) is 6.77. The van der Waals surface area contributed by atoms with Crippen LogP contribution in [0, 0.1) is 6.92 Å². The first-order valence-electron chi connectivity index (χ1n) is 12.1. The first kappa shape index (κ1) is 21.4. The van der Waals surface area contributed by atoms with Crippen LogP contribution in [0.3, 0.4) is 0 Å². The predicted molar refractivity (Wildman–Crippen MR) is 137 cm³/mol. The molecular formula is C27H28N4O2S. The molecule has 1 atom stereocenters. The molecule has 1 aliphatic heterocycles. The van der Waals surface area contributed by atoms with Crippen molar-refractivity contribution in [2.24, 2.45) is 0 Å². The van der Waals surface area contributed by atoms with Crippen molar-refractivity contribution >= 4 is 38.8 Å². The average molecular weight is 473 g/mol. The van der Waals surface area contributed by atoms with E-state index in [1.165, 1.54) is 21.7 Å². The zero-order valence-electron chi connectivity index (χ0n) is 19.6. The van der Waals surface area contributed by atoms with Crippen LogP contribution in [-0.2, 0) is 12.8 Å². The number of anilines is 1. The lowest BCUT2D eigenvalue weighted by atomic mass is 9.97. The molecule has 6 nitrogen and oxygen atoms in total. The summed E-state index contributed by atoms with van der Waals surface area (Å²) >= 11 is 1.63. The maximum Gasteiger partial charge on any atom is 0.266 e. The van der Waals surface area contributed by atoms with Crippen LogP contribution in [0.2, 0.25) is 0 Å². The second-order valence-electron chi connectivity index (χ2n) is 9.56. The molecule has 2 aliphatic rings. The summed E-state index contributed by atoms with van der Waals surface area (Å²) in [6, 6.07) is 12.3. The highest BCUT2D eigenvalue weighted by atomic mass is 32.1. The van der Waals surface area contributed by atoms with Gasteiger partial charge >= 0.3 is 0 Å². The van der Waals surface area contributed by atoms with E-state index in [0.29, 0.717) is 24.3 Å². The number of piperazine rings is 1. The Labute approximate surface area is 202 Å². The first-order chi connectivity index (χ1) is 16.5. The van der Waals surface area contributed by atoms with E-state index in [-0.39, 0.29) is 17.5 Å². The van der Waals surface area contributed by atoms with E-state index in [9.17, 15) is 9.59 Å². The minimum atomic E-state index is -0.0542. The molecule has 0 spiro atoms. The second-order valence-corrected chi connectivity index (χ2v) is 10.6. The molecule has 0 N–H and O–H groups in total. The molecule has 4 aromatic rings. The van der Waals surface area contributed by atoms with Crippen LogP contribution in [0.4, 0.5) is 5.69 Å². The van der Waals surface area contributed by atoms with Crippen molar-refractivity contribution in [3.05, 3.63) is 74.5 Å². The lowest BCUT2D eigenvalue weighted by Gasteiger charge is -2.41. The molecular weight excluding hydrogens is 444 g/mol. The number of aromatic nitrogens is 2. The van der Waals surface area contributed by atoms with E-state index in [1.807, 2.05) is 4.90 Å². The third-order valence-electron chi connectivity index (χ3n) is 7.24. The van der Waals surface area contributed by atoms with Gasteiger partial charge in [-0.05, 0) is 74.9 Å².